The summed E-state index contributed by atoms with van der Waals surface area (Å²) >= 11 is 0. The van der Waals surface area contributed by atoms with Crippen molar-refractivity contribution in [3.8, 4) is 12.3 Å². The highest BCUT2D eigenvalue weighted by Gasteiger charge is 2.05. The lowest BCUT2D eigenvalue weighted by Gasteiger charge is -2.17. The first-order valence-electron chi connectivity index (χ1n) is 7.02. The molecule has 0 aromatic rings. The number of hydrogen-bond donors (Lipinski definition) is 1. The van der Waals surface area contributed by atoms with Crippen molar-refractivity contribution in [3.05, 3.63) is 0 Å². The molecule has 0 saturated heterocycles. The van der Waals surface area contributed by atoms with Crippen molar-refractivity contribution in [1.29, 1.82) is 0 Å². The van der Waals surface area contributed by atoms with Crippen LogP contribution in [-0.4, -0.2) is 12.6 Å². The van der Waals surface area contributed by atoms with Gasteiger partial charge in [-0.2, -0.15) is 0 Å². The molecule has 1 heteroatoms. The standard InChI is InChI=1S/C15H29N/c1-4-7-9-10-12-14-15(16-6-3)13-11-8-5-2/h2,15-16H,4,6-14H2,1,3H3. The molecule has 1 unspecified atom stereocenters. The van der Waals surface area contributed by atoms with Gasteiger partial charge in [-0.25, -0.2) is 0 Å². The predicted molar refractivity (Wildman–Crippen MR) is 73.5 cm³/mol. The minimum absolute atomic E-state index is 0.694. The summed E-state index contributed by atoms with van der Waals surface area (Å²) in [6.45, 7) is 5.53. The summed E-state index contributed by atoms with van der Waals surface area (Å²) in [6, 6.07) is 0.694. The fourth-order valence-electron chi connectivity index (χ4n) is 2.08. The van der Waals surface area contributed by atoms with Crippen LogP contribution in [0.4, 0.5) is 0 Å². The number of nitrogens with one attached hydrogen (secondary N) is 1. The van der Waals surface area contributed by atoms with Gasteiger partial charge in [0.05, 0.1) is 0 Å². The predicted octanol–water partition coefficient (Wildman–Crippen LogP) is 4.13. The van der Waals surface area contributed by atoms with E-state index in [1.807, 2.05) is 0 Å². The monoisotopic (exact) mass is 223 g/mol. The summed E-state index contributed by atoms with van der Waals surface area (Å²) in [6.07, 6.45) is 16.8. The minimum atomic E-state index is 0.694. The second kappa shape index (κ2) is 12.6. The summed E-state index contributed by atoms with van der Waals surface area (Å²) < 4.78 is 0. The lowest BCUT2D eigenvalue weighted by Crippen LogP contribution is -2.28. The van der Waals surface area contributed by atoms with E-state index in [0.717, 1.165) is 13.0 Å². The van der Waals surface area contributed by atoms with Crippen molar-refractivity contribution >= 4 is 0 Å². The van der Waals surface area contributed by atoms with E-state index in [4.69, 9.17) is 6.42 Å². The maximum Gasteiger partial charge on any atom is 0.00866 e. The third kappa shape index (κ3) is 10.1. The molecule has 0 fully saturated rings. The Morgan fingerprint density at radius 1 is 1.00 bits per heavy atom. The number of unbranched alkanes of at least 4 members (excludes halogenated alkanes) is 5. The number of terminal acetylenes is 1. The molecule has 0 aromatic heterocycles. The molecule has 0 saturated carbocycles. The molecule has 0 rings (SSSR count). The molecule has 0 spiro atoms. The van der Waals surface area contributed by atoms with Gasteiger partial charge in [0.15, 0.2) is 0 Å². The Hall–Kier alpha value is -0.480. The average molecular weight is 223 g/mol. The smallest absolute Gasteiger partial charge is 0.00866 e. The van der Waals surface area contributed by atoms with E-state index in [1.54, 1.807) is 0 Å². The Bertz CT molecular complexity index is 169. The summed E-state index contributed by atoms with van der Waals surface area (Å²) in [5.41, 5.74) is 0. The van der Waals surface area contributed by atoms with Crippen LogP contribution < -0.4 is 5.32 Å². The highest BCUT2D eigenvalue weighted by molar-refractivity contribution is 4.83. The molecule has 0 aliphatic rings. The van der Waals surface area contributed by atoms with E-state index in [-0.39, 0.29) is 0 Å². The molecule has 94 valence electrons. The van der Waals surface area contributed by atoms with Gasteiger partial charge in [-0.05, 0) is 25.8 Å². The van der Waals surface area contributed by atoms with Crippen LogP contribution in [0.1, 0.15) is 71.6 Å². The molecule has 0 heterocycles. The molecule has 1 atom stereocenters. The minimum Gasteiger partial charge on any atom is -0.314 e. The zero-order chi connectivity index (χ0) is 12.1. The van der Waals surface area contributed by atoms with E-state index < -0.39 is 0 Å². The van der Waals surface area contributed by atoms with Gasteiger partial charge in [0, 0.05) is 12.5 Å². The van der Waals surface area contributed by atoms with Gasteiger partial charge in [0.2, 0.25) is 0 Å². The third-order valence-corrected chi connectivity index (χ3v) is 3.02. The zero-order valence-electron chi connectivity index (χ0n) is 11.2. The lowest BCUT2D eigenvalue weighted by molar-refractivity contribution is 0.432. The van der Waals surface area contributed by atoms with E-state index in [2.05, 4.69) is 25.1 Å². The van der Waals surface area contributed by atoms with Gasteiger partial charge in [-0.1, -0.05) is 46.0 Å². The second-order valence-electron chi connectivity index (χ2n) is 4.55. The number of hydrogen-bond acceptors (Lipinski definition) is 1. The van der Waals surface area contributed by atoms with Crippen molar-refractivity contribution in [2.45, 2.75) is 77.7 Å². The van der Waals surface area contributed by atoms with Crippen LogP contribution in [0.5, 0.6) is 0 Å². The van der Waals surface area contributed by atoms with Crippen LogP contribution in [0, 0.1) is 12.3 Å². The molecule has 0 amide bonds. The van der Waals surface area contributed by atoms with Gasteiger partial charge in [-0.3, -0.25) is 0 Å². The van der Waals surface area contributed by atoms with Gasteiger partial charge >= 0.3 is 0 Å². The summed E-state index contributed by atoms with van der Waals surface area (Å²) in [7, 11) is 0. The molecule has 16 heavy (non-hydrogen) atoms. The molecule has 0 aliphatic carbocycles. The molecule has 0 aromatic carbocycles. The maximum absolute atomic E-state index is 5.27. The van der Waals surface area contributed by atoms with Crippen molar-refractivity contribution in [3.63, 3.8) is 0 Å². The topological polar surface area (TPSA) is 12.0 Å². The van der Waals surface area contributed by atoms with Gasteiger partial charge < -0.3 is 5.32 Å². The molecule has 1 nitrogen and oxygen atoms in total. The van der Waals surface area contributed by atoms with Gasteiger partial charge in [-0.15, -0.1) is 12.3 Å². The Morgan fingerprint density at radius 3 is 2.31 bits per heavy atom. The highest BCUT2D eigenvalue weighted by Crippen LogP contribution is 2.11. The first-order chi connectivity index (χ1) is 7.85. The third-order valence-electron chi connectivity index (χ3n) is 3.02. The maximum atomic E-state index is 5.27. The largest absolute Gasteiger partial charge is 0.314 e. The molecular weight excluding hydrogens is 194 g/mol. The van der Waals surface area contributed by atoms with Crippen LogP contribution in [0.3, 0.4) is 0 Å². The Labute approximate surface area is 102 Å². The Balaban J connectivity index is 3.47. The van der Waals surface area contributed by atoms with Crippen molar-refractivity contribution in [2.24, 2.45) is 0 Å². The Kier molecular flexibility index (Phi) is 12.2. The van der Waals surface area contributed by atoms with Crippen molar-refractivity contribution in [1.82, 2.24) is 5.32 Å². The molecular formula is C15H29N. The molecule has 1 N–H and O–H groups in total. The molecule has 0 aliphatic heterocycles. The fraction of sp³-hybridized carbons (Fsp3) is 0.867. The molecule has 0 bridgehead atoms. The summed E-state index contributed by atoms with van der Waals surface area (Å²) in [5.74, 6) is 2.72. The first-order valence-corrected chi connectivity index (χ1v) is 7.02. The fourth-order valence-corrected chi connectivity index (χ4v) is 2.08. The highest BCUT2D eigenvalue weighted by atomic mass is 14.9. The van der Waals surface area contributed by atoms with E-state index in [1.165, 1.54) is 51.4 Å². The van der Waals surface area contributed by atoms with Crippen LogP contribution in [-0.2, 0) is 0 Å². The van der Waals surface area contributed by atoms with Crippen LogP contribution in [0.25, 0.3) is 0 Å². The Morgan fingerprint density at radius 2 is 1.69 bits per heavy atom. The van der Waals surface area contributed by atoms with Crippen LogP contribution in [0.2, 0.25) is 0 Å². The SMILES string of the molecule is C#CCCCC(CCCCCCC)NCC. The normalized spacial score (nSPS) is 12.3. The zero-order valence-corrected chi connectivity index (χ0v) is 11.2. The van der Waals surface area contributed by atoms with Gasteiger partial charge in [0.1, 0.15) is 0 Å². The number of rotatable bonds is 11. The average Bonchev–Trinajstić information content (AvgIpc) is 2.29. The van der Waals surface area contributed by atoms with Crippen molar-refractivity contribution < 1.29 is 0 Å². The summed E-state index contributed by atoms with van der Waals surface area (Å²) in [4.78, 5) is 0. The van der Waals surface area contributed by atoms with Gasteiger partial charge in [0.25, 0.3) is 0 Å². The van der Waals surface area contributed by atoms with E-state index in [9.17, 15) is 0 Å². The van der Waals surface area contributed by atoms with Crippen LogP contribution >= 0.6 is 0 Å². The summed E-state index contributed by atoms with van der Waals surface area (Å²) in [5, 5.41) is 3.56. The first kappa shape index (κ1) is 15.5. The quantitative estimate of drug-likeness (QED) is 0.410. The lowest BCUT2D eigenvalue weighted by atomic mass is 10.0. The van der Waals surface area contributed by atoms with Crippen LogP contribution in [0.15, 0.2) is 0 Å². The second-order valence-corrected chi connectivity index (χ2v) is 4.55. The molecule has 0 radical (unpaired) electrons. The van der Waals surface area contributed by atoms with E-state index in [0.29, 0.717) is 6.04 Å². The van der Waals surface area contributed by atoms with E-state index >= 15 is 0 Å². The van der Waals surface area contributed by atoms with Crippen molar-refractivity contribution in [2.75, 3.05) is 6.54 Å².